The van der Waals surface area contributed by atoms with Crippen molar-refractivity contribution in [2.45, 2.75) is 6.92 Å². The second kappa shape index (κ2) is 9.07. The molecule has 6 nitrogen and oxygen atoms in total. The molecule has 0 bridgehead atoms. The lowest BCUT2D eigenvalue weighted by Gasteiger charge is -2.12. The number of rotatable bonds is 7. The van der Waals surface area contributed by atoms with Crippen LogP contribution in [0.3, 0.4) is 0 Å². The molecule has 28 heavy (non-hydrogen) atoms. The molecule has 1 heterocycles. The molecule has 0 aliphatic heterocycles. The normalized spacial score (nSPS) is 11.0. The smallest absolute Gasteiger partial charge is 0.250 e. The van der Waals surface area contributed by atoms with Crippen LogP contribution in [0.4, 0.5) is 5.13 Å². The van der Waals surface area contributed by atoms with Gasteiger partial charge in [-0.1, -0.05) is 11.3 Å². The number of ether oxygens (including phenoxy) is 3. The number of anilines is 1. The first-order valence-electron chi connectivity index (χ1n) is 8.48. The van der Waals surface area contributed by atoms with Gasteiger partial charge >= 0.3 is 0 Å². The molecule has 0 spiro atoms. The van der Waals surface area contributed by atoms with Gasteiger partial charge in [-0.2, -0.15) is 0 Å². The zero-order valence-corrected chi connectivity index (χ0v) is 18.0. The molecule has 1 amide bonds. The monoisotopic (exact) mass is 462 g/mol. The van der Waals surface area contributed by atoms with Crippen molar-refractivity contribution in [2.24, 2.45) is 0 Å². The Labute approximate surface area is 175 Å². The van der Waals surface area contributed by atoms with E-state index in [-0.39, 0.29) is 5.91 Å². The van der Waals surface area contributed by atoms with Crippen LogP contribution in [0.2, 0.25) is 0 Å². The Hall–Kier alpha value is -2.58. The second-order valence-electron chi connectivity index (χ2n) is 5.64. The van der Waals surface area contributed by atoms with E-state index in [1.807, 2.05) is 37.3 Å². The van der Waals surface area contributed by atoms with Gasteiger partial charge in [-0.3, -0.25) is 10.1 Å². The van der Waals surface area contributed by atoms with Crippen LogP contribution in [-0.4, -0.2) is 31.7 Å². The number of carbonyl (C=O) groups is 1. The van der Waals surface area contributed by atoms with Gasteiger partial charge in [0.05, 0.1) is 35.5 Å². The fraction of sp³-hybridized carbons (Fsp3) is 0.200. The molecule has 0 radical (unpaired) electrons. The highest BCUT2D eigenvalue weighted by Gasteiger charge is 2.11. The number of nitrogens with one attached hydrogen (secondary N) is 1. The Bertz CT molecular complexity index is 1030. The average molecular weight is 463 g/mol. The number of benzene rings is 2. The minimum Gasteiger partial charge on any atom is -0.497 e. The number of methoxy groups -OCH3 is 2. The number of aromatic nitrogens is 1. The van der Waals surface area contributed by atoms with E-state index in [0.29, 0.717) is 23.2 Å². The Kier molecular flexibility index (Phi) is 6.53. The van der Waals surface area contributed by atoms with Crippen LogP contribution < -0.4 is 19.5 Å². The third kappa shape index (κ3) is 4.63. The van der Waals surface area contributed by atoms with Crippen LogP contribution in [-0.2, 0) is 4.79 Å². The van der Waals surface area contributed by atoms with E-state index < -0.39 is 0 Å². The zero-order chi connectivity index (χ0) is 20.1. The highest BCUT2D eigenvalue weighted by molar-refractivity contribution is 9.10. The van der Waals surface area contributed by atoms with Gasteiger partial charge in [-0.05, 0) is 64.8 Å². The Morgan fingerprint density at radius 1 is 1.25 bits per heavy atom. The Morgan fingerprint density at radius 3 is 2.79 bits per heavy atom. The standard InChI is InChI=1S/C20H19BrN2O4S/c1-4-27-19-14(21)9-12(10-16(19)26-3)5-8-18(24)23-20-22-15-7-6-13(25-2)11-17(15)28-20/h5-11H,4H2,1-3H3,(H,22,23,24)/b8-5+. The molecule has 1 aromatic heterocycles. The summed E-state index contributed by atoms with van der Waals surface area (Å²) in [6, 6.07) is 9.26. The summed E-state index contributed by atoms with van der Waals surface area (Å²) in [5.74, 6) is 1.71. The summed E-state index contributed by atoms with van der Waals surface area (Å²) in [5.41, 5.74) is 1.61. The van der Waals surface area contributed by atoms with Crippen molar-refractivity contribution in [3.05, 3.63) is 46.4 Å². The van der Waals surface area contributed by atoms with Crippen LogP contribution in [0.1, 0.15) is 12.5 Å². The van der Waals surface area contributed by atoms with Crippen LogP contribution in [0.15, 0.2) is 40.9 Å². The number of nitrogens with zero attached hydrogens (tertiary/aromatic N) is 1. The summed E-state index contributed by atoms with van der Waals surface area (Å²) < 4.78 is 17.9. The number of thiazole rings is 1. The number of amides is 1. The topological polar surface area (TPSA) is 69.7 Å². The van der Waals surface area contributed by atoms with E-state index in [9.17, 15) is 4.79 Å². The first-order chi connectivity index (χ1) is 13.5. The van der Waals surface area contributed by atoms with Gasteiger partial charge in [0, 0.05) is 6.08 Å². The van der Waals surface area contributed by atoms with Gasteiger partial charge in [-0.25, -0.2) is 4.98 Å². The summed E-state index contributed by atoms with van der Waals surface area (Å²) in [6.07, 6.45) is 3.16. The summed E-state index contributed by atoms with van der Waals surface area (Å²) in [6.45, 7) is 2.43. The molecule has 3 aromatic rings. The third-order valence-corrected chi connectivity index (χ3v) is 5.32. The molecule has 146 valence electrons. The fourth-order valence-electron chi connectivity index (χ4n) is 2.52. The lowest BCUT2D eigenvalue weighted by Crippen LogP contribution is -2.07. The molecule has 0 unspecified atom stereocenters. The maximum atomic E-state index is 12.3. The minimum absolute atomic E-state index is 0.269. The van der Waals surface area contributed by atoms with Gasteiger partial charge in [0.2, 0.25) is 5.91 Å². The van der Waals surface area contributed by atoms with Crippen molar-refractivity contribution < 1.29 is 19.0 Å². The van der Waals surface area contributed by atoms with Gasteiger partial charge in [0.25, 0.3) is 0 Å². The number of carbonyl (C=O) groups excluding carboxylic acids is 1. The number of hydrogen-bond donors (Lipinski definition) is 1. The van der Waals surface area contributed by atoms with Crippen molar-refractivity contribution in [3.63, 3.8) is 0 Å². The number of halogens is 1. The molecular formula is C20H19BrN2O4S. The van der Waals surface area contributed by atoms with E-state index in [1.54, 1.807) is 20.3 Å². The van der Waals surface area contributed by atoms with Gasteiger partial charge in [0.15, 0.2) is 16.6 Å². The van der Waals surface area contributed by atoms with Crippen molar-refractivity contribution >= 4 is 54.6 Å². The maximum absolute atomic E-state index is 12.3. The number of fused-ring (bicyclic) bond motifs is 1. The summed E-state index contributed by atoms with van der Waals surface area (Å²) >= 11 is 4.87. The first-order valence-corrected chi connectivity index (χ1v) is 10.1. The van der Waals surface area contributed by atoms with Gasteiger partial charge in [0.1, 0.15) is 5.75 Å². The van der Waals surface area contributed by atoms with E-state index in [2.05, 4.69) is 26.2 Å². The van der Waals surface area contributed by atoms with Crippen LogP contribution in [0.25, 0.3) is 16.3 Å². The van der Waals surface area contributed by atoms with E-state index in [4.69, 9.17) is 14.2 Å². The molecule has 2 aromatic carbocycles. The van der Waals surface area contributed by atoms with Crippen molar-refractivity contribution in [1.29, 1.82) is 0 Å². The van der Waals surface area contributed by atoms with Crippen LogP contribution >= 0.6 is 27.3 Å². The van der Waals surface area contributed by atoms with Gasteiger partial charge < -0.3 is 14.2 Å². The molecule has 1 N–H and O–H groups in total. The largest absolute Gasteiger partial charge is 0.497 e. The molecule has 0 fully saturated rings. The summed E-state index contributed by atoms with van der Waals surface area (Å²) in [7, 11) is 3.19. The summed E-state index contributed by atoms with van der Waals surface area (Å²) in [4.78, 5) is 16.7. The predicted octanol–water partition coefficient (Wildman–Crippen LogP) is 5.13. The van der Waals surface area contributed by atoms with Gasteiger partial charge in [-0.15, -0.1) is 0 Å². The lowest BCUT2D eigenvalue weighted by molar-refractivity contribution is -0.111. The van der Waals surface area contributed by atoms with Crippen LogP contribution in [0, 0.1) is 0 Å². The van der Waals surface area contributed by atoms with E-state index in [0.717, 1.165) is 26.0 Å². The second-order valence-corrected chi connectivity index (χ2v) is 7.53. The molecule has 0 aliphatic carbocycles. The summed E-state index contributed by atoms with van der Waals surface area (Å²) in [5, 5.41) is 3.32. The van der Waals surface area contributed by atoms with Crippen molar-refractivity contribution in [3.8, 4) is 17.2 Å². The van der Waals surface area contributed by atoms with E-state index >= 15 is 0 Å². The SMILES string of the molecule is CCOc1c(Br)cc(/C=C/C(=O)Nc2nc3ccc(OC)cc3s2)cc1OC. The molecular weight excluding hydrogens is 444 g/mol. The highest BCUT2D eigenvalue weighted by Crippen LogP contribution is 2.37. The minimum atomic E-state index is -0.269. The maximum Gasteiger partial charge on any atom is 0.250 e. The molecule has 0 saturated heterocycles. The van der Waals surface area contributed by atoms with E-state index in [1.165, 1.54) is 17.4 Å². The highest BCUT2D eigenvalue weighted by atomic mass is 79.9. The van der Waals surface area contributed by atoms with Crippen molar-refractivity contribution in [2.75, 3.05) is 26.1 Å². The fourth-order valence-corrected chi connectivity index (χ4v) is 4.00. The lowest BCUT2D eigenvalue weighted by atomic mass is 10.2. The molecule has 3 rings (SSSR count). The third-order valence-electron chi connectivity index (χ3n) is 3.79. The first kappa shape index (κ1) is 20.2. The Morgan fingerprint density at radius 2 is 2.07 bits per heavy atom. The number of hydrogen-bond acceptors (Lipinski definition) is 6. The zero-order valence-electron chi connectivity index (χ0n) is 15.6. The molecule has 0 saturated carbocycles. The molecule has 0 atom stereocenters. The predicted molar refractivity (Wildman–Crippen MR) is 116 cm³/mol. The average Bonchev–Trinajstić information content (AvgIpc) is 3.09. The Balaban J connectivity index is 1.74. The van der Waals surface area contributed by atoms with Crippen molar-refractivity contribution in [1.82, 2.24) is 4.98 Å². The molecule has 8 heteroatoms. The van der Waals surface area contributed by atoms with Crippen LogP contribution in [0.5, 0.6) is 17.2 Å². The molecule has 0 aliphatic rings. The quantitative estimate of drug-likeness (QED) is 0.493.